The van der Waals surface area contributed by atoms with Gasteiger partial charge in [-0.25, -0.2) is 0 Å². The van der Waals surface area contributed by atoms with Crippen molar-refractivity contribution in [3.8, 4) is 0 Å². The van der Waals surface area contributed by atoms with E-state index in [-0.39, 0.29) is 0 Å². The van der Waals surface area contributed by atoms with Gasteiger partial charge in [-0.1, -0.05) is 19.3 Å². The summed E-state index contributed by atoms with van der Waals surface area (Å²) in [5, 5.41) is 0. The van der Waals surface area contributed by atoms with Gasteiger partial charge in [-0.3, -0.25) is 4.90 Å². The number of piperazine rings is 1. The number of rotatable bonds is 6. The molecule has 3 nitrogen and oxygen atoms in total. The highest BCUT2D eigenvalue weighted by molar-refractivity contribution is 4.81. The molecular formula is C15H31N3. The quantitative estimate of drug-likeness (QED) is 0.736. The number of nitrogens with two attached hydrogens (primary N) is 1. The van der Waals surface area contributed by atoms with Crippen molar-refractivity contribution in [1.29, 1.82) is 0 Å². The normalized spacial score (nSPS) is 25.7. The van der Waals surface area contributed by atoms with Gasteiger partial charge >= 0.3 is 0 Å². The van der Waals surface area contributed by atoms with E-state index < -0.39 is 0 Å². The molecule has 2 rings (SSSR count). The van der Waals surface area contributed by atoms with Gasteiger partial charge in [0, 0.05) is 38.3 Å². The van der Waals surface area contributed by atoms with E-state index in [4.69, 9.17) is 5.73 Å². The smallest absolute Gasteiger partial charge is 0.0113 e. The maximum absolute atomic E-state index is 5.78. The molecule has 1 saturated heterocycles. The Morgan fingerprint density at radius 1 is 1.06 bits per heavy atom. The Balaban J connectivity index is 1.55. The Bertz CT molecular complexity index is 216. The lowest BCUT2D eigenvalue weighted by Crippen LogP contribution is -2.49. The third kappa shape index (κ3) is 4.52. The summed E-state index contributed by atoms with van der Waals surface area (Å²) in [5.74, 6) is 0. The zero-order chi connectivity index (χ0) is 12.8. The summed E-state index contributed by atoms with van der Waals surface area (Å²) < 4.78 is 0. The third-order valence-corrected chi connectivity index (χ3v) is 4.63. The second-order valence-corrected chi connectivity index (χ2v) is 6.29. The van der Waals surface area contributed by atoms with E-state index in [1.807, 2.05) is 0 Å². The first kappa shape index (κ1) is 14.3. The van der Waals surface area contributed by atoms with Gasteiger partial charge in [0.25, 0.3) is 0 Å². The van der Waals surface area contributed by atoms with Gasteiger partial charge in [-0.2, -0.15) is 0 Å². The molecule has 18 heavy (non-hydrogen) atoms. The van der Waals surface area contributed by atoms with Gasteiger partial charge in [-0.15, -0.1) is 0 Å². The Morgan fingerprint density at radius 2 is 1.72 bits per heavy atom. The van der Waals surface area contributed by atoms with Crippen molar-refractivity contribution in [2.75, 3.05) is 32.7 Å². The van der Waals surface area contributed by atoms with Crippen LogP contribution in [0.1, 0.15) is 51.9 Å². The fourth-order valence-corrected chi connectivity index (χ4v) is 3.42. The Hall–Kier alpha value is -0.120. The van der Waals surface area contributed by atoms with E-state index in [2.05, 4.69) is 16.7 Å². The molecule has 1 aliphatic heterocycles. The summed E-state index contributed by atoms with van der Waals surface area (Å²) in [5.41, 5.74) is 5.78. The highest BCUT2D eigenvalue weighted by Crippen LogP contribution is 2.24. The van der Waals surface area contributed by atoms with E-state index >= 15 is 0 Å². The molecule has 1 heterocycles. The van der Waals surface area contributed by atoms with E-state index in [0.717, 1.165) is 6.04 Å². The van der Waals surface area contributed by atoms with Crippen molar-refractivity contribution in [1.82, 2.24) is 9.80 Å². The predicted molar refractivity (Wildman–Crippen MR) is 77.8 cm³/mol. The molecule has 2 N–H and O–H groups in total. The van der Waals surface area contributed by atoms with Gasteiger partial charge < -0.3 is 10.6 Å². The van der Waals surface area contributed by atoms with Gasteiger partial charge in [0.1, 0.15) is 0 Å². The molecule has 0 bridgehead atoms. The minimum absolute atomic E-state index is 0.379. The van der Waals surface area contributed by atoms with Gasteiger partial charge in [0.05, 0.1) is 0 Å². The Morgan fingerprint density at radius 3 is 2.33 bits per heavy atom. The average Bonchev–Trinajstić information content (AvgIpc) is 2.89. The predicted octanol–water partition coefficient (Wildman–Crippen LogP) is 2.06. The maximum atomic E-state index is 5.78. The molecule has 1 unspecified atom stereocenters. The Kier molecular flexibility index (Phi) is 5.93. The number of hydrogen-bond donors (Lipinski definition) is 1. The SMILES string of the molecule is CC(N)CCCCN1CCN(C2CCCC2)CC1. The van der Waals surface area contributed by atoms with Crippen LogP contribution in [0.5, 0.6) is 0 Å². The summed E-state index contributed by atoms with van der Waals surface area (Å²) in [6.07, 6.45) is 9.63. The second-order valence-electron chi connectivity index (χ2n) is 6.29. The van der Waals surface area contributed by atoms with Crippen molar-refractivity contribution < 1.29 is 0 Å². The molecule has 3 heteroatoms. The highest BCUT2D eigenvalue weighted by Gasteiger charge is 2.25. The largest absolute Gasteiger partial charge is 0.328 e. The van der Waals surface area contributed by atoms with Crippen molar-refractivity contribution in [3.05, 3.63) is 0 Å². The van der Waals surface area contributed by atoms with Crippen LogP contribution >= 0.6 is 0 Å². The van der Waals surface area contributed by atoms with Crippen LogP contribution in [0, 0.1) is 0 Å². The molecule has 1 aliphatic carbocycles. The van der Waals surface area contributed by atoms with Crippen LogP contribution in [-0.2, 0) is 0 Å². The lowest BCUT2D eigenvalue weighted by atomic mass is 10.1. The van der Waals surface area contributed by atoms with Crippen LogP contribution in [0.4, 0.5) is 0 Å². The van der Waals surface area contributed by atoms with Crippen LogP contribution in [0.25, 0.3) is 0 Å². The molecule has 2 fully saturated rings. The first-order chi connectivity index (χ1) is 8.75. The van der Waals surface area contributed by atoms with Crippen molar-refractivity contribution >= 4 is 0 Å². The molecule has 0 aromatic carbocycles. The lowest BCUT2D eigenvalue weighted by molar-refractivity contribution is 0.0967. The summed E-state index contributed by atoms with van der Waals surface area (Å²) in [6.45, 7) is 8.57. The van der Waals surface area contributed by atoms with E-state index in [1.54, 1.807) is 0 Å². The standard InChI is InChI=1S/C15H31N3/c1-14(16)6-4-5-9-17-10-12-18(13-11-17)15-7-2-3-8-15/h14-15H,2-13,16H2,1H3. The van der Waals surface area contributed by atoms with E-state index in [0.29, 0.717) is 6.04 Å². The summed E-state index contributed by atoms with van der Waals surface area (Å²) >= 11 is 0. The molecule has 1 saturated carbocycles. The minimum atomic E-state index is 0.379. The van der Waals surface area contributed by atoms with E-state index in [1.165, 1.54) is 77.7 Å². The topological polar surface area (TPSA) is 32.5 Å². The Labute approximate surface area is 113 Å². The zero-order valence-electron chi connectivity index (χ0n) is 12.1. The van der Waals surface area contributed by atoms with Gasteiger partial charge in [-0.05, 0) is 39.2 Å². The molecule has 0 radical (unpaired) electrons. The maximum Gasteiger partial charge on any atom is 0.0113 e. The summed E-state index contributed by atoms with van der Waals surface area (Å²) in [7, 11) is 0. The van der Waals surface area contributed by atoms with Crippen molar-refractivity contribution in [2.24, 2.45) is 5.73 Å². The fraction of sp³-hybridized carbons (Fsp3) is 1.00. The first-order valence-corrected chi connectivity index (χ1v) is 7.97. The number of unbranched alkanes of at least 4 members (excludes halogenated alkanes) is 1. The fourth-order valence-electron chi connectivity index (χ4n) is 3.42. The van der Waals surface area contributed by atoms with Crippen LogP contribution in [0.3, 0.4) is 0 Å². The average molecular weight is 253 g/mol. The molecule has 1 atom stereocenters. The van der Waals surface area contributed by atoms with Crippen LogP contribution < -0.4 is 5.73 Å². The van der Waals surface area contributed by atoms with E-state index in [9.17, 15) is 0 Å². The van der Waals surface area contributed by atoms with Gasteiger partial charge in [0.15, 0.2) is 0 Å². The van der Waals surface area contributed by atoms with Crippen LogP contribution in [0.2, 0.25) is 0 Å². The third-order valence-electron chi connectivity index (χ3n) is 4.63. The van der Waals surface area contributed by atoms with Crippen molar-refractivity contribution in [2.45, 2.75) is 64.0 Å². The number of nitrogens with zero attached hydrogens (tertiary/aromatic N) is 2. The van der Waals surface area contributed by atoms with Gasteiger partial charge in [0.2, 0.25) is 0 Å². The monoisotopic (exact) mass is 253 g/mol. The summed E-state index contributed by atoms with van der Waals surface area (Å²) in [6, 6.07) is 1.30. The molecule has 0 spiro atoms. The molecule has 0 aromatic rings. The molecule has 106 valence electrons. The molecule has 0 aromatic heterocycles. The lowest BCUT2D eigenvalue weighted by Gasteiger charge is -2.38. The summed E-state index contributed by atoms with van der Waals surface area (Å²) in [4.78, 5) is 5.39. The number of hydrogen-bond acceptors (Lipinski definition) is 3. The highest BCUT2D eigenvalue weighted by atomic mass is 15.3. The molecule has 0 amide bonds. The van der Waals surface area contributed by atoms with Crippen LogP contribution in [0.15, 0.2) is 0 Å². The zero-order valence-corrected chi connectivity index (χ0v) is 12.1. The van der Waals surface area contributed by atoms with Crippen molar-refractivity contribution in [3.63, 3.8) is 0 Å². The first-order valence-electron chi connectivity index (χ1n) is 7.97. The molecule has 2 aliphatic rings. The second kappa shape index (κ2) is 7.46. The molecular weight excluding hydrogens is 222 g/mol. The minimum Gasteiger partial charge on any atom is -0.328 e. The van der Waals surface area contributed by atoms with Crippen LogP contribution in [-0.4, -0.2) is 54.6 Å².